The quantitative estimate of drug-likeness (QED) is 0.870. The van der Waals surface area contributed by atoms with Crippen LogP contribution in [0.15, 0.2) is 24.3 Å². The fourth-order valence-electron chi connectivity index (χ4n) is 2.71. The van der Waals surface area contributed by atoms with Crippen molar-refractivity contribution in [1.29, 1.82) is 0 Å². The highest BCUT2D eigenvalue weighted by Crippen LogP contribution is 2.24. The SMILES string of the molecule is COc1cccc(N2CCCC(NC(=O)C(C)C(C)N)C2)c1. The number of nitrogens with two attached hydrogens (primary N) is 1. The number of methoxy groups -OCH3 is 1. The maximum Gasteiger partial charge on any atom is 0.224 e. The fourth-order valence-corrected chi connectivity index (χ4v) is 2.71. The Morgan fingerprint density at radius 3 is 2.91 bits per heavy atom. The molecule has 0 radical (unpaired) electrons. The van der Waals surface area contributed by atoms with Gasteiger partial charge < -0.3 is 20.7 Å². The highest BCUT2D eigenvalue weighted by atomic mass is 16.5. The van der Waals surface area contributed by atoms with Crippen molar-refractivity contribution in [3.05, 3.63) is 24.3 Å². The Labute approximate surface area is 132 Å². The summed E-state index contributed by atoms with van der Waals surface area (Å²) in [4.78, 5) is 14.5. The van der Waals surface area contributed by atoms with Gasteiger partial charge in [0.2, 0.25) is 5.91 Å². The van der Waals surface area contributed by atoms with Crippen LogP contribution in [0.3, 0.4) is 0 Å². The molecule has 3 N–H and O–H groups in total. The van der Waals surface area contributed by atoms with E-state index in [0.29, 0.717) is 0 Å². The van der Waals surface area contributed by atoms with E-state index in [4.69, 9.17) is 10.5 Å². The molecule has 1 aromatic carbocycles. The van der Waals surface area contributed by atoms with Crippen LogP contribution < -0.4 is 20.7 Å². The second-order valence-electron chi connectivity index (χ2n) is 6.14. The molecule has 0 aromatic heterocycles. The van der Waals surface area contributed by atoms with Crippen molar-refractivity contribution in [2.45, 2.75) is 38.8 Å². The Balaban J connectivity index is 1.98. The number of carbonyl (C=O) groups is 1. The third-order valence-electron chi connectivity index (χ3n) is 4.39. The molecule has 1 amide bonds. The van der Waals surface area contributed by atoms with Gasteiger partial charge in [0, 0.05) is 42.8 Å². The molecule has 3 atom stereocenters. The van der Waals surface area contributed by atoms with Crippen molar-refractivity contribution in [2.24, 2.45) is 11.7 Å². The van der Waals surface area contributed by atoms with E-state index in [2.05, 4.69) is 16.3 Å². The van der Waals surface area contributed by atoms with Gasteiger partial charge in [0.25, 0.3) is 0 Å². The minimum Gasteiger partial charge on any atom is -0.497 e. The Bertz CT molecular complexity index is 504. The van der Waals surface area contributed by atoms with E-state index in [1.807, 2.05) is 32.0 Å². The molecule has 1 aliphatic heterocycles. The molecule has 1 saturated heterocycles. The van der Waals surface area contributed by atoms with Crippen LogP contribution in [-0.2, 0) is 4.79 Å². The summed E-state index contributed by atoms with van der Waals surface area (Å²) in [5.74, 6) is 0.744. The summed E-state index contributed by atoms with van der Waals surface area (Å²) >= 11 is 0. The highest BCUT2D eigenvalue weighted by Gasteiger charge is 2.25. The van der Waals surface area contributed by atoms with Crippen LogP contribution in [0.1, 0.15) is 26.7 Å². The third-order valence-corrected chi connectivity index (χ3v) is 4.39. The van der Waals surface area contributed by atoms with Gasteiger partial charge in [-0.2, -0.15) is 0 Å². The van der Waals surface area contributed by atoms with Gasteiger partial charge in [0.1, 0.15) is 5.75 Å². The summed E-state index contributed by atoms with van der Waals surface area (Å²) in [5, 5.41) is 3.14. The molecular formula is C17H27N3O2. The number of anilines is 1. The summed E-state index contributed by atoms with van der Waals surface area (Å²) in [7, 11) is 1.67. The number of hydrogen-bond acceptors (Lipinski definition) is 4. The van der Waals surface area contributed by atoms with Crippen LogP contribution in [-0.4, -0.2) is 38.2 Å². The number of nitrogens with one attached hydrogen (secondary N) is 1. The molecule has 0 bridgehead atoms. The lowest BCUT2D eigenvalue weighted by molar-refractivity contribution is -0.125. The van der Waals surface area contributed by atoms with Gasteiger partial charge in [-0.05, 0) is 31.9 Å². The predicted octanol–water partition coefficient (Wildman–Crippen LogP) is 1.76. The zero-order valence-electron chi connectivity index (χ0n) is 13.7. The molecule has 5 nitrogen and oxygen atoms in total. The number of rotatable bonds is 5. The molecular weight excluding hydrogens is 278 g/mol. The number of ether oxygens (including phenoxy) is 1. The first-order valence-corrected chi connectivity index (χ1v) is 7.96. The van der Waals surface area contributed by atoms with Crippen molar-refractivity contribution >= 4 is 11.6 Å². The van der Waals surface area contributed by atoms with Gasteiger partial charge in [-0.1, -0.05) is 13.0 Å². The first-order valence-electron chi connectivity index (χ1n) is 7.96. The monoisotopic (exact) mass is 305 g/mol. The lowest BCUT2D eigenvalue weighted by Gasteiger charge is -2.35. The number of nitrogens with zero attached hydrogens (tertiary/aromatic N) is 1. The number of piperidine rings is 1. The van der Waals surface area contributed by atoms with E-state index < -0.39 is 0 Å². The van der Waals surface area contributed by atoms with Crippen molar-refractivity contribution < 1.29 is 9.53 Å². The van der Waals surface area contributed by atoms with E-state index in [1.54, 1.807) is 7.11 Å². The van der Waals surface area contributed by atoms with Gasteiger partial charge in [-0.3, -0.25) is 4.79 Å². The molecule has 2 rings (SSSR count). The molecule has 1 aliphatic rings. The first kappa shape index (κ1) is 16.6. The van der Waals surface area contributed by atoms with Crippen LogP contribution in [0.5, 0.6) is 5.75 Å². The standard InChI is InChI=1S/C17H27N3O2/c1-12(13(2)18)17(21)19-14-6-5-9-20(11-14)15-7-4-8-16(10-15)22-3/h4,7-8,10,12-14H,5-6,9,11,18H2,1-3H3,(H,19,21). The summed E-state index contributed by atoms with van der Waals surface area (Å²) in [5.41, 5.74) is 6.94. The van der Waals surface area contributed by atoms with E-state index in [1.165, 1.54) is 0 Å². The lowest BCUT2D eigenvalue weighted by Crippen LogP contribution is -2.50. The minimum absolute atomic E-state index is 0.0486. The van der Waals surface area contributed by atoms with Crippen molar-refractivity contribution in [1.82, 2.24) is 5.32 Å². The molecule has 3 unspecified atom stereocenters. The predicted molar refractivity (Wildman–Crippen MR) is 89.2 cm³/mol. The van der Waals surface area contributed by atoms with E-state index in [0.717, 1.165) is 37.4 Å². The van der Waals surface area contributed by atoms with E-state index in [-0.39, 0.29) is 23.9 Å². The number of benzene rings is 1. The third kappa shape index (κ3) is 4.13. The van der Waals surface area contributed by atoms with Gasteiger partial charge in [-0.15, -0.1) is 0 Å². The largest absolute Gasteiger partial charge is 0.497 e. The van der Waals surface area contributed by atoms with Crippen molar-refractivity contribution in [2.75, 3.05) is 25.1 Å². The van der Waals surface area contributed by atoms with Gasteiger partial charge in [0.15, 0.2) is 0 Å². The number of hydrogen-bond donors (Lipinski definition) is 2. The van der Waals surface area contributed by atoms with Gasteiger partial charge in [0.05, 0.1) is 7.11 Å². The van der Waals surface area contributed by atoms with Gasteiger partial charge >= 0.3 is 0 Å². The Kier molecular flexibility index (Phi) is 5.66. The zero-order chi connectivity index (χ0) is 16.1. The normalized spacial score (nSPS) is 21.1. The summed E-state index contributed by atoms with van der Waals surface area (Å²) in [6, 6.07) is 8.10. The van der Waals surface area contributed by atoms with Gasteiger partial charge in [-0.25, -0.2) is 0 Å². The van der Waals surface area contributed by atoms with Crippen LogP contribution in [0.2, 0.25) is 0 Å². The summed E-state index contributed by atoms with van der Waals surface area (Å²) < 4.78 is 5.28. The first-order chi connectivity index (χ1) is 10.5. The molecule has 122 valence electrons. The van der Waals surface area contributed by atoms with Crippen LogP contribution >= 0.6 is 0 Å². The highest BCUT2D eigenvalue weighted by molar-refractivity contribution is 5.79. The molecule has 0 spiro atoms. The Morgan fingerprint density at radius 1 is 1.45 bits per heavy atom. The molecule has 1 heterocycles. The number of amides is 1. The maximum absolute atomic E-state index is 12.2. The lowest BCUT2D eigenvalue weighted by atomic mass is 10.0. The topological polar surface area (TPSA) is 67.6 Å². The second-order valence-corrected chi connectivity index (χ2v) is 6.14. The van der Waals surface area contributed by atoms with Crippen molar-refractivity contribution in [3.63, 3.8) is 0 Å². The second kappa shape index (κ2) is 7.49. The molecule has 1 fully saturated rings. The maximum atomic E-state index is 12.2. The average Bonchev–Trinajstić information content (AvgIpc) is 2.54. The van der Waals surface area contributed by atoms with E-state index >= 15 is 0 Å². The van der Waals surface area contributed by atoms with Crippen molar-refractivity contribution in [3.8, 4) is 5.75 Å². The smallest absolute Gasteiger partial charge is 0.224 e. The number of carbonyl (C=O) groups excluding carboxylic acids is 1. The Morgan fingerprint density at radius 2 is 2.23 bits per heavy atom. The molecule has 1 aromatic rings. The van der Waals surface area contributed by atoms with Crippen LogP contribution in [0.4, 0.5) is 5.69 Å². The zero-order valence-corrected chi connectivity index (χ0v) is 13.7. The molecule has 22 heavy (non-hydrogen) atoms. The molecule has 0 aliphatic carbocycles. The van der Waals surface area contributed by atoms with E-state index in [9.17, 15) is 4.79 Å². The van der Waals surface area contributed by atoms with Crippen LogP contribution in [0.25, 0.3) is 0 Å². The summed E-state index contributed by atoms with van der Waals surface area (Å²) in [6.07, 6.45) is 2.08. The van der Waals surface area contributed by atoms with Crippen LogP contribution in [0, 0.1) is 5.92 Å². The fraction of sp³-hybridized carbons (Fsp3) is 0.588. The minimum atomic E-state index is -0.160. The molecule has 5 heteroatoms. The summed E-state index contributed by atoms with van der Waals surface area (Å²) in [6.45, 7) is 5.57. The molecule has 0 saturated carbocycles. The average molecular weight is 305 g/mol. The Hall–Kier alpha value is -1.75.